The van der Waals surface area contributed by atoms with Crippen LogP contribution in [0.1, 0.15) is 21.5 Å². The summed E-state index contributed by atoms with van der Waals surface area (Å²) in [6.07, 6.45) is 0. The molecule has 3 nitrogen and oxygen atoms in total. The molecule has 0 unspecified atom stereocenters. The van der Waals surface area contributed by atoms with E-state index < -0.39 is 5.97 Å². The predicted molar refractivity (Wildman–Crippen MR) is 81.9 cm³/mol. The van der Waals surface area contributed by atoms with E-state index in [1.54, 1.807) is 12.1 Å². The monoisotopic (exact) mass is 309 g/mol. The molecule has 0 spiro atoms. The average Bonchev–Trinajstić information content (AvgIpc) is 2.39. The van der Waals surface area contributed by atoms with Gasteiger partial charge in [0.05, 0.1) is 10.6 Å². The molecular weight excluding hydrogens is 297 g/mol. The highest BCUT2D eigenvalue weighted by molar-refractivity contribution is 6.33. The second kappa shape index (κ2) is 6.16. The molecule has 104 valence electrons. The summed E-state index contributed by atoms with van der Waals surface area (Å²) in [5, 5.41) is 13.1. The van der Waals surface area contributed by atoms with Crippen molar-refractivity contribution in [2.75, 3.05) is 5.32 Å². The van der Waals surface area contributed by atoms with Crippen LogP contribution in [0.25, 0.3) is 0 Å². The lowest BCUT2D eigenvalue weighted by molar-refractivity contribution is 0.0697. The van der Waals surface area contributed by atoms with Gasteiger partial charge < -0.3 is 10.4 Å². The maximum Gasteiger partial charge on any atom is 0.337 e. The van der Waals surface area contributed by atoms with E-state index in [1.807, 2.05) is 25.1 Å². The first-order valence-corrected chi connectivity index (χ1v) is 6.74. The van der Waals surface area contributed by atoms with E-state index in [1.165, 1.54) is 6.07 Å². The number of hydrogen-bond donors (Lipinski definition) is 2. The van der Waals surface area contributed by atoms with Gasteiger partial charge in [0.15, 0.2) is 0 Å². The Bertz CT molecular complexity index is 656. The number of benzene rings is 2. The van der Waals surface area contributed by atoms with Gasteiger partial charge in [-0.15, -0.1) is 0 Å². The Morgan fingerprint density at radius 3 is 2.60 bits per heavy atom. The van der Waals surface area contributed by atoms with E-state index >= 15 is 0 Å². The molecule has 2 aromatic rings. The highest BCUT2D eigenvalue weighted by Crippen LogP contribution is 2.22. The van der Waals surface area contributed by atoms with Crippen LogP contribution >= 0.6 is 23.2 Å². The van der Waals surface area contributed by atoms with E-state index in [0.717, 1.165) is 11.1 Å². The minimum absolute atomic E-state index is 0.0875. The first-order chi connectivity index (χ1) is 9.47. The Morgan fingerprint density at radius 1 is 1.20 bits per heavy atom. The van der Waals surface area contributed by atoms with E-state index in [-0.39, 0.29) is 10.6 Å². The molecule has 0 amide bonds. The summed E-state index contributed by atoms with van der Waals surface area (Å²) in [4.78, 5) is 11.0. The highest BCUT2D eigenvalue weighted by atomic mass is 35.5. The molecule has 0 aliphatic heterocycles. The zero-order chi connectivity index (χ0) is 14.7. The van der Waals surface area contributed by atoms with Crippen molar-refractivity contribution in [1.82, 2.24) is 0 Å². The normalized spacial score (nSPS) is 10.3. The van der Waals surface area contributed by atoms with Gasteiger partial charge in [-0.1, -0.05) is 29.3 Å². The number of halogens is 2. The van der Waals surface area contributed by atoms with Crippen LogP contribution in [0, 0.1) is 6.92 Å². The minimum Gasteiger partial charge on any atom is -0.478 e. The summed E-state index contributed by atoms with van der Waals surface area (Å²) in [7, 11) is 0. The molecule has 0 fully saturated rings. The Balaban J connectivity index is 2.15. The van der Waals surface area contributed by atoms with Gasteiger partial charge in [-0.2, -0.15) is 0 Å². The quantitative estimate of drug-likeness (QED) is 0.867. The number of carboxylic acids is 1. The molecule has 2 aromatic carbocycles. The molecule has 0 atom stereocenters. The highest BCUT2D eigenvalue weighted by Gasteiger charge is 2.09. The molecule has 20 heavy (non-hydrogen) atoms. The number of anilines is 1. The van der Waals surface area contributed by atoms with Crippen molar-refractivity contribution in [3.63, 3.8) is 0 Å². The molecule has 2 rings (SSSR count). The molecule has 0 aliphatic carbocycles. The van der Waals surface area contributed by atoms with E-state index in [2.05, 4.69) is 5.32 Å². The third-order valence-electron chi connectivity index (χ3n) is 2.98. The summed E-state index contributed by atoms with van der Waals surface area (Å²) in [6, 6.07) is 10.5. The second-order valence-electron chi connectivity index (χ2n) is 4.42. The zero-order valence-electron chi connectivity index (χ0n) is 10.8. The molecular formula is C15H13Cl2NO2. The Labute approximate surface area is 127 Å². The van der Waals surface area contributed by atoms with Gasteiger partial charge in [0, 0.05) is 17.3 Å². The number of carboxylic acid groups (broad SMARTS) is 1. The molecule has 0 saturated heterocycles. The van der Waals surface area contributed by atoms with Crippen molar-refractivity contribution in [3.8, 4) is 0 Å². The van der Waals surface area contributed by atoms with Gasteiger partial charge in [-0.25, -0.2) is 4.79 Å². The fraction of sp³-hybridized carbons (Fsp3) is 0.133. The second-order valence-corrected chi connectivity index (χ2v) is 5.27. The van der Waals surface area contributed by atoms with Gasteiger partial charge in [0.25, 0.3) is 0 Å². The Morgan fingerprint density at radius 2 is 1.95 bits per heavy atom. The van der Waals surface area contributed by atoms with Crippen molar-refractivity contribution in [1.29, 1.82) is 0 Å². The molecule has 0 bridgehead atoms. The van der Waals surface area contributed by atoms with Crippen molar-refractivity contribution < 1.29 is 9.90 Å². The standard InChI is InChI=1S/C15H13Cl2NO2/c1-9-6-11(16)3-2-10(9)8-18-12-4-5-14(17)13(7-12)15(19)20/h2-7,18H,8H2,1H3,(H,19,20). The summed E-state index contributed by atoms with van der Waals surface area (Å²) < 4.78 is 0. The largest absolute Gasteiger partial charge is 0.478 e. The number of aryl methyl sites for hydroxylation is 1. The molecule has 0 aliphatic rings. The maximum atomic E-state index is 11.0. The van der Waals surface area contributed by atoms with Gasteiger partial charge >= 0.3 is 5.97 Å². The smallest absolute Gasteiger partial charge is 0.337 e. The number of hydrogen-bond acceptors (Lipinski definition) is 2. The number of rotatable bonds is 4. The van der Waals surface area contributed by atoms with Crippen molar-refractivity contribution in [2.45, 2.75) is 13.5 Å². The van der Waals surface area contributed by atoms with Crippen LogP contribution in [0.15, 0.2) is 36.4 Å². The fourth-order valence-corrected chi connectivity index (χ4v) is 2.28. The topological polar surface area (TPSA) is 49.3 Å². The van der Waals surface area contributed by atoms with Crippen LogP contribution in [0.3, 0.4) is 0 Å². The number of carbonyl (C=O) groups is 1. The van der Waals surface area contributed by atoms with Crippen LogP contribution in [0.2, 0.25) is 10.0 Å². The lowest BCUT2D eigenvalue weighted by atomic mass is 10.1. The van der Waals surface area contributed by atoms with Gasteiger partial charge in [-0.3, -0.25) is 0 Å². The van der Waals surface area contributed by atoms with Gasteiger partial charge in [0.1, 0.15) is 0 Å². The number of aromatic carboxylic acids is 1. The summed E-state index contributed by atoms with van der Waals surface area (Å²) in [5.74, 6) is -1.04. The van der Waals surface area contributed by atoms with E-state index in [4.69, 9.17) is 28.3 Å². The van der Waals surface area contributed by atoms with Crippen molar-refractivity contribution >= 4 is 34.9 Å². The molecule has 0 radical (unpaired) electrons. The SMILES string of the molecule is Cc1cc(Cl)ccc1CNc1ccc(Cl)c(C(=O)O)c1. The molecule has 0 saturated carbocycles. The van der Waals surface area contributed by atoms with Crippen LogP contribution in [-0.2, 0) is 6.54 Å². The van der Waals surface area contributed by atoms with Crippen molar-refractivity contribution in [2.24, 2.45) is 0 Å². The molecule has 0 heterocycles. The summed E-state index contributed by atoms with van der Waals surface area (Å²) in [6.45, 7) is 2.57. The fourth-order valence-electron chi connectivity index (χ4n) is 1.85. The van der Waals surface area contributed by atoms with Gasteiger partial charge in [-0.05, 0) is 48.4 Å². The molecule has 2 N–H and O–H groups in total. The number of nitrogens with one attached hydrogen (secondary N) is 1. The summed E-state index contributed by atoms with van der Waals surface area (Å²) in [5.41, 5.74) is 2.98. The lowest BCUT2D eigenvalue weighted by Gasteiger charge is -2.10. The van der Waals surface area contributed by atoms with E-state index in [9.17, 15) is 4.79 Å². The van der Waals surface area contributed by atoms with Gasteiger partial charge in [0.2, 0.25) is 0 Å². The van der Waals surface area contributed by atoms with E-state index in [0.29, 0.717) is 17.3 Å². The lowest BCUT2D eigenvalue weighted by Crippen LogP contribution is -2.03. The first-order valence-electron chi connectivity index (χ1n) is 5.99. The average molecular weight is 310 g/mol. The van der Waals surface area contributed by atoms with Crippen LogP contribution in [0.4, 0.5) is 5.69 Å². The molecule has 0 aromatic heterocycles. The Hall–Kier alpha value is -1.71. The minimum atomic E-state index is -1.04. The maximum absolute atomic E-state index is 11.0. The zero-order valence-corrected chi connectivity index (χ0v) is 12.3. The Kier molecular flexibility index (Phi) is 4.53. The van der Waals surface area contributed by atoms with Crippen LogP contribution < -0.4 is 5.32 Å². The molecule has 5 heteroatoms. The van der Waals surface area contributed by atoms with Crippen molar-refractivity contribution in [3.05, 3.63) is 63.1 Å². The predicted octanol–water partition coefficient (Wildman–Crippen LogP) is 4.61. The third-order valence-corrected chi connectivity index (χ3v) is 3.55. The summed E-state index contributed by atoms with van der Waals surface area (Å²) >= 11 is 11.7. The van der Waals surface area contributed by atoms with Crippen LogP contribution in [-0.4, -0.2) is 11.1 Å². The first kappa shape index (κ1) is 14.7. The van der Waals surface area contributed by atoms with Crippen LogP contribution in [0.5, 0.6) is 0 Å². The third kappa shape index (κ3) is 3.44.